The van der Waals surface area contributed by atoms with Crippen LogP contribution in [0.15, 0.2) is 48.6 Å². The van der Waals surface area contributed by atoms with Crippen LogP contribution < -0.4 is 4.74 Å². The molecule has 88 valence electrons. The summed E-state index contributed by atoms with van der Waals surface area (Å²) in [5, 5.41) is 12.1. The van der Waals surface area contributed by atoms with Crippen molar-refractivity contribution in [3.8, 4) is 5.75 Å². The third-order valence-electron chi connectivity index (χ3n) is 2.85. The molecule has 2 aromatic carbocycles. The Morgan fingerprint density at radius 2 is 1.82 bits per heavy atom. The first kappa shape index (κ1) is 11.7. The van der Waals surface area contributed by atoms with Gasteiger partial charge in [-0.1, -0.05) is 24.8 Å². The van der Waals surface area contributed by atoms with Gasteiger partial charge in [0.2, 0.25) is 0 Å². The Balaban J connectivity index is 2.48. The van der Waals surface area contributed by atoms with Gasteiger partial charge in [0.15, 0.2) is 0 Å². The summed E-state index contributed by atoms with van der Waals surface area (Å²) in [6.45, 7) is 5.59. The van der Waals surface area contributed by atoms with Crippen LogP contribution in [0, 0.1) is 0 Å². The molecule has 0 radical (unpaired) electrons. The number of aliphatic hydroxyl groups is 1. The third kappa shape index (κ3) is 2.32. The Kier molecular flexibility index (Phi) is 3.16. The molecule has 0 aliphatic heterocycles. The van der Waals surface area contributed by atoms with Crippen LogP contribution in [0.2, 0.25) is 0 Å². The highest BCUT2D eigenvalue weighted by atomic mass is 16.5. The summed E-state index contributed by atoms with van der Waals surface area (Å²) < 4.78 is 5.17. The second-order valence-electron chi connectivity index (χ2n) is 4.22. The molecule has 0 fully saturated rings. The fraction of sp³-hybridized carbons (Fsp3) is 0.200. The highest BCUT2D eigenvalue weighted by Gasteiger charge is 2.08. The summed E-state index contributed by atoms with van der Waals surface area (Å²) in [5.74, 6) is 0.839. The third-order valence-corrected chi connectivity index (χ3v) is 2.85. The topological polar surface area (TPSA) is 29.5 Å². The van der Waals surface area contributed by atoms with Crippen LogP contribution in [-0.2, 0) is 0 Å². The van der Waals surface area contributed by atoms with Crippen molar-refractivity contribution < 1.29 is 9.84 Å². The molecule has 1 N–H and O–H groups in total. The van der Waals surface area contributed by atoms with Crippen molar-refractivity contribution in [2.24, 2.45) is 0 Å². The van der Waals surface area contributed by atoms with Crippen LogP contribution in [-0.4, -0.2) is 12.2 Å². The average Bonchev–Trinajstić information content (AvgIpc) is 2.36. The van der Waals surface area contributed by atoms with E-state index in [1.807, 2.05) is 43.3 Å². The van der Waals surface area contributed by atoms with Crippen LogP contribution in [0.3, 0.4) is 0 Å². The fourth-order valence-corrected chi connectivity index (χ4v) is 1.82. The Morgan fingerprint density at radius 3 is 2.47 bits per heavy atom. The molecule has 0 heterocycles. The molecule has 0 amide bonds. The molecule has 0 saturated carbocycles. The minimum atomic E-state index is -0.596. The van der Waals surface area contributed by atoms with Gasteiger partial charge < -0.3 is 9.84 Å². The molecular weight excluding hydrogens is 212 g/mol. The molecular formula is C15H16O2. The molecule has 0 aromatic heterocycles. The molecule has 2 nitrogen and oxygen atoms in total. The summed E-state index contributed by atoms with van der Waals surface area (Å²) in [7, 11) is 1.65. The van der Waals surface area contributed by atoms with Gasteiger partial charge in [0, 0.05) is 0 Å². The van der Waals surface area contributed by atoms with Gasteiger partial charge in [-0.25, -0.2) is 0 Å². The summed E-state index contributed by atoms with van der Waals surface area (Å²) in [5.41, 5.74) is 1.62. The van der Waals surface area contributed by atoms with Crippen molar-refractivity contribution in [3.63, 3.8) is 0 Å². The summed E-state index contributed by atoms with van der Waals surface area (Å²) in [6.07, 6.45) is -0.596. The Hall–Kier alpha value is -1.80. The quantitative estimate of drug-likeness (QED) is 0.815. The normalized spacial score (nSPS) is 12.4. The van der Waals surface area contributed by atoms with Gasteiger partial charge in [0.25, 0.3) is 0 Å². The maximum atomic E-state index is 9.93. The van der Waals surface area contributed by atoms with Gasteiger partial charge in [-0.15, -0.1) is 0 Å². The lowest BCUT2D eigenvalue weighted by Crippen LogP contribution is -1.97. The zero-order valence-corrected chi connectivity index (χ0v) is 10.1. The van der Waals surface area contributed by atoms with Gasteiger partial charge in [-0.3, -0.25) is 0 Å². The molecule has 0 bridgehead atoms. The minimum absolute atomic E-state index is 0.596. The Labute approximate surface area is 101 Å². The van der Waals surface area contributed by atoms with Crippen LogP contribution in [0.25, 0.3) is 10.8 Å². The van der Waals surface area contributed by atoms with E-state index in [1.165, 1.54) is 0 Å². The molecule has 2 rings (SSSR count). The van der Waals surface area contributed by atoms with E-state index in [-0.39, 0.29) is 0 Å². The van der Waals surface area contributed by atoms with Crippen molar-refractivity contribution in [3.05, 3.63) is 54.1 Å². The molecule has 1 unspecified atom stereocenters. The number of benzene rings is 2. The molecule has 0 aliphatic rings. The Morgan fingerprint density at radius 1 is 1.18 bits per heavy atom. The number of aliphatic hydroxyl groups excluding tert-OH is 1. The lowest BCUT2D eigenvalue weighted by Gasteiger charge is -2.11. The summed E-state index contributed by atoms with van der Waals surface area (Å²) in [4.78, 5) is 0. The maximum absolute atomic E-state index is 9.93. The average molecular weight is 228 g/mol. The maximum Gasteiger partial charge on any atom is 0.119 e. The van der Waals surface area contributed by atoms with Crippen molar-refractivity contribution >= 4 is 10.8 Å². The van der Waals surface area contributed by atoms with E-state index in [2.05, 4.69) is 6.58 Å². The second kappa shape index (κ2) is 4.60. The number of hydrogen-bond donors (Lipinski definition) is 1. The predicted molar refractivity (Wildman–Crippen MR) is 70.3 cm³/mol. The first-order valence-electron chi connectivity index (χ1n) is 5.53. The smallest absolute Gasteiger partial charge is 0.119 e. The van der Waals surface area contributed by atoms with Gasteiger partial charge in [-0.2, -0.15) is 0 Å². The van der Waals surface area contributed by atoms with Crippen molar-refractivity contribution in [1.82, 2.24) is 0 Å². The molecule has 0 spiro atoms. The lowest BCUT2D eigenvalue weighted by atomic mass is 10.00. The highest BCUT2D eigenvalue weighted by Crippen LogP contribution is 2.26. The van der Waals surface area contributed by atoms with E-state index in [4.69, 9.17) is 4.74 Å². The van der Waals surface area contributed by atoms with Crippen molar-refractivity contribution in [2.45, 2.75) is 13.0 Å². The first-order chi connectivity index (χ1) is 8.11. The number of fused-ring (bicyclic) bond motifs is 1. The molecule has 2 heteroatoms. The van der Waals surface area contributed by atoms with Crippen LogP contribution >= 0.6 is 0 Å². The highest BCUT2D eigenvalue weighted by molar-refractivity contribution is 5.84. The first-order valence-corrected chi connectivity index (χ1v) is 5.53. The van der Waals surface area contributed by atoms with E-state index >= 15 is 0 Å². The fourth-order valence-electron chi connectivity index (χ4n) is 1.82. The molecule has 0 aliphatic carbocycles. The Bertz CT molecular complexity index is 558. The molecule has 0 saturated heterocycles. The molecule has 2 aromatic rings. The molecule has 17 heavy (non-hydrogen) atoms. The molecule has 1 atom stereocenters. The van der Waals surface area contributed by atoms with E-state index < -0.39 is 6.10 Å². The van der Waals surface area contributed by atoms with Crippen molar-refractivity contribution in [1.29, 1.82) is 0 Å². The number of hydrogen-bond acceptors (Lipinski definition) is 2. The number of ether oxygens (including phenoxy) is 1. The van der Waals surface area contributed by atoms with E-state index in [0.717, 1.165) is 27.7 Å². The van der Waals surface area contributed by atoms with Crippen LogP contribution in [0.4, 0.5) is 0 Å². The minimum Gasteiger partial charge on any atom is -0.497 e. The van der Waals surface area contributed by atoms with Gasteiger partial charge in [0.1, 0.15) is 5.75 Å². The van der Waals surface area contributed by atoms with Crippen LogP contribution in [0.5, 0.6) is 5.75 Å². The SMILES string of the molecule is C=C(C)C(O)c1ccc2cc(OC)ccc2c1. The summed E-state index contributed by atoms with van der Waals surface area (Å²) >= 11 is 0. The van der Waals surface area contributed by atoms with Gasteiger partial charge >= 0.3 is 0 Å². The predicted octanol–water partition coefficient (Wildman–Crippen LogP) is 3.46. The zero-order chi connectivity index (χ0) is 12.4. The van der Waals surface area contributed by atoms with E-state index in [0.29, 0.717) is 0 Å². The standard InChI is InChI=1S/C15H16O2/c1-10(2)15(16)13-5-4-12-9-14(17-3)7-6-11(12)8-13/h4-9,15-16H,1H2,2-3H3. The number of methoxy groups -OCH3 is 1. The summed E-state index contributed by atoms with van der Waals surface area (Å²) in [6, 6.07) is 11.8. The monoisotopic (exact) mass is 228 g/mol. The number of rotatable bonds is 3. The zero-order valence-electron chi connectivity index (χ0n) is 10.1. The van der Waals surface area contributed by atoms with E-state index in [9.17, 15) is 5.11 Å². The van der Waals surface area contributed by atoms with Crippen LogP contribution in [0.1, 0.15) is 18.6 Å². The van der Waals surface area contributed by atoms with E-state index in [1.54, 1.807) is 7.11 Å². The van der Waals surface area contributed by atoms with Crippen molar-refractivity contribution in [2.75, 3.05) is 7.11 Å². The lowest BCUT2D eigenvalue weighted by molar-refractivity contribution is 0.216. The largest absolute Gasteiger partial charge is 0.497 e. The second-order valence-corrected chi connectivity index (χ2v) is 4.22. The van der Waals surface area contributed by atoms with Gasteiger partial charge in [-0.05, 0) is 47.0 Å². The van der Waals surface area contributed by atoms with Gasteiger partial charge in [0.05, 0.1) is 13.2 Å².